The molecule has 0 saturated carbocycles. The minimum atomic E-state index is 0.725. The molecule has 3 nitrogen and oxygen atoms in total. The molecule has 3 heteroatoms. The maximum atomic E-state index is 4.23. The predicted octanol–water partition coefficient (Wildman–Crippen LogP) is 2.16. The number of nitrogens with zero attached hydrogens (tertiary/aromatic N) is 3. The second-order valence-corrected chi connectivity index (χ2v) is 3.27. The number of hydrogen-bond donors (Lipinski definition) is 0. The molecule has 0 radical (unpaired) electrons. The Hall–Kier alpha value is -1.77. The fraction of sp³-hybridized carbons (Fsp3) is 0.182. The van der Waals surface area contributed by atoms with Crippen LogP contribution in [0.4, 0.5) is 0 Å². The van der Waals surface area contributed by atoms with E-state index in [1.165, 1.54) is 0 Å². The van der Waals surface area contributed by atoms with Crippen LogP contribution in [0.5, 0.6) is 0 Å². The molecule has 2 rings (SSSR count). The molecule has 0 aliphatic rings. The Morgan fingerprint density at radius 1 is 0.857 bits per heavy atom. The van der Waals surface area contributed by atoms with Gasteiger partial charge in [0.05, 0.1) is 0 Å². The molecule has 0 bridgehead atoms. The van der Waals surface area contributed by atoms with Crippen LogP contribution < -0.4 is 0 Å². The highest BCUT2D eigenvalue weighted by Gasteiger charge is 1.99. The standard InChI is InChI=1S/C11H11N3/c1-8-5-13-11(14-6-8)10-4-3-9(2)12-7-10/h3-7H,1-2H3. The minimum Gasteiger partial charge on any atom is -0.261 e. The minimum absolute atomic E-state index is 0.725. The Labute approximate surface area is 82.9 Å². The molecule has 0 fully saturated rings. The molecule has 0 unspecified atom stereocenters. The van der Waals surface area contributed by atoms with E-state index in [1.807, 2.05) is 38.4 Å². The summed E-state index contributed by atoms with van der Waals surface area (Å²) in [5.74, 6) is 0.725. The van der Waals surface area contributed by atoms with E-state index >= 15 is 0 Å². The van der Waals surface area contributed by atoms with Crippen molar-refractivity contribution in [2.75, 3.05) is 0 Å². The first-order chi connectivity index (χ1) is 6.75. The second-order valence-electron chi connectivity index (χ2n) is 3.27. The topological polar surface area (TPSA) is 38.7 Å². The molecule has 0 N–H and O–H groups in total. The van der Waals surface area contributed by atoms with Gasteiger partial charge in [-0.3, -0.25) is 4.98 Å². The zero-order valence-electron chi connectivity index (χ0n) is 8.23. The smallest absolute Gasteiger partial charge is 0.160 e. The van der Waals surface area contributed by atoms with Gasteiger partial charge in [-0.1, -0.05) is 0 Å². The third-order valence-electron chi connectivity index (χ3n) is 1.95. The SMILES string of the molecule is Cc1cnc(-c2ccc(C)nc2)nc1. The van der Waals surface area contributed by atoms with Crippen molar-refractivity contribution >= 4 is 0 Å². The molecule has 0 spiro atoms. The largest absolute Gasteiger partial charge is 0.261 e. The first kappa shape index (κ1) is 8.81. The van der Waals surface area contributed by atoms with Gasteiger partial charge in [-0.05, 0) is 31.5 Å². The summed E-state index contributed by atoms with van der Waals surface area (Å²) < 4.78 is 0. The molecule has 0 aliphatic carbocycles. The van der Waals surface area contributed by atoms with Crippen molar-refractivity contribution < 1.29 is 0 Å². The van der Waals surface area contributed by atoms with Gasteiger partial charge in [-0.15, -0.1) is 0 Å². The van der Waals surface area contributed by atoms with Gasteiger partial charge >= 0.3 is 0 Å². The summed E-state index contributed by atoms with van der Waals surface area (Å²) in [5, 5.41) is 0. The third-order valence-corrected chi connectivity index (χ3v) is 1.95. The lowest BCUT2D eigenvalue weighted by Crippen LogP contribution is -1.90. The van der Waals surface area contributed by atoms with Crippen LogP contribution in [0.15, 0.2) is 30.7 Å². The van der Waals surface area contributed by atoms with Crippen molar-refractivity contribution in [3.63, 3.8) is 0 Å². The highest BCUT2D eigenvalue weighted by molar-refractivity contribution is 5.52. The maximum absolute atomic E-state index is 4.23. The van der Waals surface area contributed by atoms with Gasteiger partial charge in [0.1, 0.15) is 0 Å². The lowest BCUT2D eigenvalue weighted by atomic mass is 10.2. The molecule has 70 valence electrons. The summed E-state index contributed by atoms with van der Waals surface area (Å²) in [6, 6.07) is 3.94. The lowest BCUT2D eigenvalue weighted by molar-refractivity contribution is 1.12. The molecule has 14 heavy (non-hydrogen) atoms. The van der Waals surface area contributed by atoms with Crippen molar-refractivity contribution in [3.8, 4) is 11.4 Å². The van der Waals surface area contributed by atoms with E-state index in [9.17, 15) is 0 Å². The zero-order chi connectivity index (χ0) is 9.97. The third kappa shape index (κ3) is 1.76. The molecular weight excluding hydrogens is 174 g/mol. The molecule has 2 aromatic heterocycles. The van der Waals surface area contributed by atoms with Gasteiger partial charge in [0.2, 0.25) is 0 Å². The second kappa shape index (κ2) is 3.54. The van der Waals surface area contributed by atoms with Crippen LogP contribution in [0.2, 0.25) is 0 Å². The summed E-state index contributed by atoms with van der Waals surface area (Å²) in [4.78, 5) is 12.7. The average Bonchev–Trinajstić information content (AvgIpc) is 2.21. The molecule has 0 aliphatic heterocycles. The zero-order valence-corrected chi connectivity index (χ0v) is 8.23. The summed E-state index contributed by atoms with van der Waals surface area (Å²) in [6.45, 7) is 3.93. The van der Waals surface area contributed by atoms with Crippen molar-refractivity contribution in [2.24, 2.45) is 0 Å². The molecular formula is C11H11N3. The van der Waals surface area contributed by atoms with E-state index in [0.29, 0.717) is 0 Å². The van der Waals surface area contributed by atoms with Gasteiger partial charge in [-0.2, -0.15) is 0 Å². The summed E-state index contributed by atoms with van der Waals surface area (Å²) in [7, 11) is 0. The molecule has 2 aromatic rings. The first-order valence-corrected chi connectivity index (χ1v) is 4.47. The Bertz CT molecular complexity index is 374. The number of hydrogen-bond acceptors (Lipinski definition) is 3. The Morgan fingerprint density at radius 2 is 1.57 bits per heavy atom. The van der Waals surface area contributed by atoms with E-state index in [0.717, 1.165) is 22.6 Å². The van der Waals surface area contributed by atoms with Crippen LogP contribution in [-0.4, -0.2) is 15.0 Å². The highest BCUT2D eigenvalue weighted by atomic mass is 14.9. The predicted molar refractivity (Wildman–Crippen MR) is 54.7 cm³/mol. The fourth-order valence-electron chi connectivity index (χ4n) is 1.14. The molecule has 0 aromatic carbocycles. The van der Waals surface area contributed by atoms with Gasteiger partial charge in [0.15, 0.2) is 5.82 Å². The van der Waals surface area contributed by atoms with Crippen LogP contribution in [0.3, 0.4) is 0 Å². The number of pyridine rings is 1. The van der Waals surface area contributed by atoms with Crippen LogP contribution in [-0.2, 0) is 0 Å². The van der Waals surface area contributed by atoms with Gasteiger partial charge in [0, 0.05) is 29.8 Å². The highest BCUT2D eigenvalue weighted by Crippen LogP contribution is 2.12. The number of aryl methyl sites for hydroxylation is 2. The Kier molecular flexibility index (Phi) is 2.23. The number of aromatic nitrogens is 3. The van der Waals surface area contributed by atoms with Crippen LogP contribution in [0.1, 0.15) is 11.3 Å². The van der Waals surface area contributed by atoms with Crippen molar-refractivity contribution in [1.82, 2.24) is 15.0 Å². The van der Waals surface area contributed by atoms with Crippen LogP contribution >= 0.6 is 0 Å². The Morgan fingerprint density at radius 3 is 2.14 bits per heavy atom. The average molecular weight is 185 g/mol. The number of rotatable bonds is 1. The first-order valence-electron chi connectivity index (χ1n) is 4.47. The normalized spacial score (nSPS) is 10.1. The summed E-state index contributed by atoms with van der Waals surface area (Å²) >= 11 is 0. The molecule has 0 atom stereocenters. The lowest BCUT2D eigenvalue weighted by Gasteiger charge is -1.99. The van der Waals surface area contributed by atoms with Crippen LogP contribution in [0, 0.1) is 13.8 Å². The van der Waals surface area contributed by atoms with E-state index in [1.54, 1.807) is 6.20 Å². The Balaban J connectivity index is 2.40. The van der Waals surface area contributed by atoms with Crippen molar-refractivity contribution in [3.05, 3.63) is 42.0 Å². The van der Waals surface area contributed by atoms with E-state index in [4.69, 9.17) is 0 Å². The van der Waals surface area contributed by atoms with Crippen molar-refractivity contribution in [1.29, 1.82) is 0 Å². The van der Waals surface area contributed by atoms with Gasteiger partial charge < -0.3 is 0 Å². The van der Waals surface area contributed by atoms with Gasteiger partial charge in [-0.25, -0.2) is 9.97 Å². The summed E-state index contributed by atoms with van der Waals surface area (Å²) in [5.41, 5.74) is 3.02. The molecule has 0 amide bonds. The van der Waals surface area contributed by atoms with Gasteiger partial charge in [0.25, 0.3) is 0 Å². The quantitative estimate of drug-likeness (QED) is 0.683. The molecule has 0 saturated heterocycles. The van der Waals surface area contributed by atoms with Crippen molar-refractivity contribution in [2.45, 2.75) is 13.8 Å². The van der Waals surface area contributed by atoms with E-state index in [-0.39, 0.29) is 0 Å². The monoisotopic (exact) mass is 185 g/mol. The van der Waals surface area contributed by atoms with E-state index in [2.05, 4.69) is 15.0 Å². The fourth-order valence-corrected chi connectivity index (χ4v) is 1.14. The van der Waals surface area contributed by atoms with E-state index < -0.39 is 0 Å². The van der Waals surface area contributed by atoms with Crippen LogP contribution in [0.25, 0.3) is 11.4 Å². The summed E-state index contributed by atoms with van der Waals surface area (Å²) in [6.07, 6.45) is 5.41. The molecule has 2 heterocycles. The maximum Gasteiger partial charge on any atom is 0.160 e.